The van der Waals surface area contributed by atoms with E-state index in [4.69, 9.17) is 0 Å². The van der Waals surface area contributed by atoms with Crippen molar-refractivity contribution >= 4 is 5.97 Å². The fourth-order valence-electron chi connectivity index (χ4n) is 1.58. The molecule has 2 nitrogen and oxygen atoms in total. The number of carbonyl (C=O) groups excluding carboxylic acids is 1. The fraction of sp³-hybridized carbons (Fsp3) is 0.462. The van der Waals surface area contributed by atoms with Crippen molar-refractivity contribution in [1.82, 2.24) is 0 Å². The smallest absolute Gasteiger partial charge is 0.337 e. The number of rotatable bonds is 1. The van der Waals surface area contributed by atoms with Gasteiger partial charge in [-0.1, -0.05) is 50.3 Å². The summed E-state index contributed by atoms with van der Waals surface area (Å²) < 4.78 is 4.50. The van der Waals surface area contributed by atoms with E-state index in [-0.39, 0.29) is 5.97 Å². The summed E-state index contributed by atoms with van der Waals surface area (Å²) in [5.41, 5.74) is 0.588. The monoisotopic (exact) mass is 206 g/mol. The number of hydrogen-bond acceptors (Lipinski definition) is 2. The van der Waals surface area contributed by atoms with Crippen molar-refractivity contribution in [3.05, 3.63) is 35.9 Å². The molecule has 1 aromatic rings. The van der Waals surface area contributed by atoms with E-state index in [0.717, 1.165) is 0 Å². The molecule has 0 saturated heterocycles. The lowest BCUT2D eigenvalue weighted by Gasteiger charge is -1.95. The maximum absolute atomic E-state index is 10.8. The van der Waals surface area contributed by atoms with E-state index < -0.39 is 0 Å². The first-order valence-corrected chi connectivity index (χ1v) is 5.48. The number of benzene rings is 1. The van der Waals surface area contributed by atoms with Crippen molar-refractivity contribution in [3.63, 3.8) is 0 Å². The SMILES string of the molecule is C1CCCC1.COC(=O)c1ccccc1. The Morgan fingerprint density at radius 3 is 1.87 bits per heavy atom. The van der Waals surface area contributed by atoms with Gasteiger partial charge in [0.2, 0.25) is 0 Å². The molecule has 2 heteroatoms. The quantitative estimate of drug-likeness (QED) is 0.658. The summed E-state index contributed by atoms with van der Waals surface area (Å²) in [6.07, 6.45) is 7.50. The Labute approximate surface area is 91.3 Å². The second kappa shape index (κ2) is 7.04. The molecule has 15 heavy (non-hydrogen) atoms. The molecular formula is C13H18O2. The highest BCUT2D eigenvalue weighted by Gasteiger charge is 2.00. The fourth-order valence-corrected chi connectivity index (χ4v) is 1.58. The van der Waals surface area contributed by atoms with E-state index in [1.807, 2.05) is 6.07 Å². The van der Waals surface area contributed by atoms with Crippen LogP contribution >= 0.6 is 0 Å². The summed E-state index contributed by atoms with van der Waals surface area (Å²) in [5, 5.41) is 0. The van der Waals surface area contributed by atoms with Gasteiger partial charge in [0, 0.05) is 0 Å². The van der Waals surface area contributed by atoms with Crippen LogP contribution in [0.3, 0.4) is 0 Å². The summed E-state index contributed by atoms with van der Waals surface area (Å²) in [6, 6.07) is 8.88. The minimum atomic E-state index is -0.291. The molecule has 1 saturated carbocycles. The van der Waals surface area contributed by atoms with Crippen LogP contribution in [0.1, 0.15) is 42.5 Å². The van der Waals surface area contributed by atoms with Crippen LogP contribution in [-0.2, 0) is 4.74 Å². The molecule has 1 aromatic carbocycles. The van der Waals surface area contributed by atoms with Crippen LogP contribution < -0.4 is 0 Å². The van der Waals surface area contributed by atoms with Gasteiger partial charge in [-0.15, -0.1) is 0 Å². The Balaban J connectivity index is 0.000000187. The highest BCUT2D eigenvalue weighted by atomic mass is 16.5. The average molecular weight is 206 g/mol. The van der Waals surface area contributed by atoms with E-state index in [1.54, 1.807) is 24.3 Å². The Bertz CT molecular complexity index is 268. The first kappa shape index (κ1) is 11.8. The van der Waals surface area contributed by atoms with Crippen LogP contribution in [0.4, 0.5) is 0 Å². The van der Waals surface area contributed by atoms with Gasteiger partial charge < -0.3 is 4.74 Å². The third-order valence-corrected chi connectivity index (χ3v) is 2.44. The molecule has 0 aromatic heterocycles. The molecule has 0 atom stereocenters. The second-order valence-corrected chi connectivity index (χ2v) is 3.63. The van der Waals surface area contributed by atoms with Crippen molar-refractivity contribution in [2.75, 3.05) is 7.11 Å². The number of hydrogen-bond donors (Lipinski definition) is 0. The molecule has 82 valence electrons. The zero-order chi connectivity index (χ0) is 10.9. The first-order valence-electron chi connectivity index (χ1n) is 5.48. The molecule has 0 spiro atoms. The lowest BCUT2D eigenvalue weighted by molar-refractivity contribution is 0.0601. The molecule has 1 aliphatic carbocycles. The van der Waals surface area contributed by atoms with Crippen LogP contribution in [0.25, 0.3) is 0 Å². The molecule has 0 bridgehead atoms. The lowest BCUT2D eigenvalue weighted by atomic mass is 10.2. The predicted octanol–water partition coefficient (Wildman–Crippen LogP) is 3.42. The minimum Gasteiger partial charge on any atom is -0.465 e. The molecule has 0 heterocycles. The van der Waals surface area contributed by atoms with Gasteiger partial charge >= 0.3 is 5.97 Å². The molecule has 0 N–H and O–H groups in total. The van der Waals surface area contributed by atoms with Gasteiger partial charge in [-0.05, 0) is 12.1 Å². The highest BCUT2D eigenvalue weighted by Crippen LogP contribution is 2.15. The summed E-state index contributed by atoms with van der Waals surface area (Å²) in [7, 11) is 1.37. The van der Waals surface area contributed by atoms with Gasteiger partial charge in [-0.3, -0.25) is 0 Å². The summed E-state index contributed by atoms with van der Waals surface area (Å²) in [6.45, 7) is 0. The van der Waals surface area contributed by atoms with Crippen molar-refractivity contribution in [2.24, 2.45) is 0 Å². The van der Waals surface area contributed by atoms with Crippen molar-refractivity contribution < 1.29 is 9.53 Å². The van der Waals surface area contributed by atoms with Crippen LogP contribution in [0.15, 0.2) is 30.3 Å². The van der Waals surface area contributed by atoms with Gasteiger partial charge in [0.15, 0.2) is 0 Å². The Morgan fingerprint density at radius 2 is 1.47 bits per heavy atom. The largest absolute Gasteiger partial charge is 0.465 e. The van der Waals surface area contributed by atoms with Crippen LogP contribution in [-0.4, -0.2) is 13.1 Å². The Kier molecular flexibility index (Phi) is 5.52. The maximum Gasteiger partial charge on any atom is 0.337 e. The highest BCUT2D eigenvalue weighted by molar-refractivity contribution is 5.89. The molecular weight excluding hydrogens is 188 g/mol. The van der Waals surface area contributed by atoms with E-state index in [2.05, 4.69) is 4.74 Å². The molecule has 0 amide bonds. The molecule has 1 aliphatic rings. The molecule has 2 rings (SSSR count). The van der Waals surface area contributed by atoms with Crippen molar-refractivity contribution in [3.8, 4) is 0 Å². The number of esters is 1. The Hall–Kier alpha value is -1.31. The van der Waals surface area contributed by atoms with Gasteiger partial charge in [0.1, 0.15) is 0 Å². The standard InChI is InChI=1S/C8H8O2.C5H10/c1-10-8(9)7-5-3-2-4-6-7;1-2-4-5-3-1/h2-6H,1H3;1-5H2. The maximum atomic E-state index is 10.8. The second-order valence-electron chi connectivity index (χ2n) is 3.63. The molecule has 1 fully saturated rings. The van der Waals surface area contributed by atoms with Crippen LogP contribution in [0.5, 0.6) is 0 Å². The number of ether oxygens (including phenoxy) is 1. The first-order chi connectivity index (χ1) is 7.34. The van der Waals surface area contributed by atoms with Gasteiger partial charge in [-0.2, -0.15) is 0 Å². The molecule has 0 aliphatic heterocycles. The zero-order valence-electron chi connectivity index (χ0n) is 9.24. The average Bonchev–Trinajstić information content (AvgIpc) is 2.88. The van der Waals surface area contributed by atoms with E-state index in [9.17, 15) is 4.79 Å². The number of methoxy groups -OCH3 is 1. The van der Waals surface area contributed by atoms with E-state index in [1.165, 1.54) is 39.2 Å². The van der Waals surface area contributed by atoms with Crippen LogP contribution in [0, 0.1) is 0 Å². The predicted molar refractivity (Wildman–Crippen MR) is 60.9 cm³/mol. The van der Waals surface area contributed by atoms with E-state index >= 15 is 0 Å². The third-order valence-electron chi connectivity index (χ3n) is 2.44. The topological polar surface area (TPSA) is 26.3 Å². The van der Waals surface area contributed by atoms with Crippen molar-refractivity contribution in [2.45, 2.75) is 32.1 Å². The lowest BCUT2D eigenvalue weighted by Crippen LogP contribution is -1.99. The summed E-state index contributed by atoms with van der Waals surface area (Å²) >= 11 is 0. The van der Waals surface area contributed by atoms with Gasteiger partial charge in [-0.25, -0.2) is 4.79 Å². The normalized spacial score (nSPS) is 13.9. The summed E-state index contributed by atoms with van der Waals surface area (Å²) in [4.78, 5) is 10.8. The molecule has 0 unspecified atom stereocenters. The Morgan fingerprint density at radius 1 is 1.00 bits per heavy atom. The third kappa shape index (κ3) is 4.63. The molecule has 0 radical (unpaired) electrons. The van der Waals surface area contributed by atoms with Gasteiger partial charge in [0.25, 0.3) is 0 Å². The zero-order valence-corrected chi connectivity index (χ0v) is 9.24. The van der Waals surface area contributed by atoms with Crippen LogP contribution in [0.2, 0.25) is 0 Å². The summed E-state index contributed by atoms with van der Waals surface area (Å²) in [5.74, 6) is -0.291. The number of carbonyl (C=O) groups is 1. The van der Waals surface area contributed by atoms with Gasteiger partial charge in [0.05, 0.1) is 12.7 Å². The van der Waals surface area contributed by atoms with E-state index in [0.29, 0.717) is 5.56 Å². The minimum absolute atomic E-state index is 0.291. The van der Waals surface area contributed by atoms with Crippen molar-refractivity contribution in [1.29, 1.82) is 0 Å².